The Labute approximate surface area is 141 Å². The Bertz CT molecular complexity index is 829. The van der Waals surface area contributed by atoms with Crippen LogP contribution in [0.4, 0.5) is 5.00 Å². The second-order valence-corrected chi connectivity index (χ2v) is 7.19. The number of carbonyl (C=O) groups is 2. The molecule has 0 aromatic carbocycles. The van der Waals surface area contributed by atoms with E-state index in [-0.39, 0.29) is 11.5 Å². The first kappa shape index (κ1) is 17.4. The molecule has 23 heavy (non-hydrogen) atoms. The molecule has 2 rings (SSSR count). The van der Waals surface area contributed by atoms with Crippen molar-refractivity contribution in [3.63, 3.8) is 0 Å². The van der Waals surface area contributed by atoms with Gasteiger partial charge < -0.3 is 14.6 Å². The van der Waals surface area contributed by atoms with Gasteiger partial charge in [0, 0.05) is 17.6 Å². The van der Waals surface area contributed by atoms with Crippen LogP contribution in [0.2, 0.25) is 0 Å². The van der Waals surface area contributed by atoms with E-state index in [1.54, 1.807) is 20.9 Å². The molecule has 0 saturated carbocycles. The fourth-order valence-electron chi connectivity index (χ4n) is 2.05. The van der Waals surface area contributed by atoms with Crippen molar-refractivity contribution in [1.29, 1.82) is 0 Å². The number of anilines is 1. The zero-order chi connectivity index (χ0) is 17.3. The minimum absolute atomic E-state index is 0.197. The molecule has 2 aromatic heterocycles. The molecule has 6 nitrogen and oxygen atoms in total. The smallest absolute Gasteiger partial charge is 0.341 e. The monoisotopic (exact) mass is 354 g/mol. The fourth-order valence-corrected chi connectivity index (χ4v) is 3.97. The van der Waals surface area contributed by atoms with Crippen LogP contribution >= 0.6 is 22.7 Å². The standard InChI is InChI=1S/C15H18N2O4S2/c1-6-21-14(19)10-7(2)9(4)22-13(10)16-12(18)11-8(3)17(5)15(20)23-11/h6H2,1-5H3,(H,16,18). The van der Waals surface area contributed by atoms with Crippen molar-refractivity contribution in [3.8, 4) is 0 Å². The molecule has 2 aromatic rings. The first-order chi connectivity index (χ1) is 10.8. The van der Waals surface area contributed by atoms with Crippen molar-refractivity contribution in [2.24, 2.45) is 7.05 Å². The zero-order valence-corrected chi connectivity index (χ0v) is 15.2. The Morgan fingerprint density at radius 2 is 1.87 bits per heavy atom. The molecule has 2 heterocycles. The van der Waals surface area contributed by atoms with Crippen molar-refractivity contribution < 1.29 is 14.3 Å². The van der Waals surface area contributed by atoms with E-state index in [1.807, 2.05) is 13.8 Å². The molecule has 0 spiro atoms. The second kappa shape index (κ2) is 6.67. The predicted molar refractivity (Wildman–Crippen MR) is 92.0 cm³/mol. The van der Waals surface area contributed by atoms with Crippen molar-refractivity contribution in [2.45, 2.75) is 27.7 Å². The van der Waals surface area contributed by atoms with Crippen LogP contribution in [0.3, 0.4) is 0 Å². The zero-order valence-electron chi connectivity index (χ0n) is 13.6. The van der Waals surface area contributed by atoms with Gasteiger partial charge >= 0.3 is 10.8 Å². The summed E-state index contributed by atoms with van der Waals surface area (Å²) in [5.41, 5.74) is 1.77. The maximum atomic E-state index is 12.5. The summed E-state index contributed by atoms with van der Waals surface area (Å²) in [6.07, 6.45) is 0. The number of aryl methyl sites for hydroxylation is 1. The van der Waals surface area contributed by atoms with Crippen molar-refractivity contribution in [3.05, 3.63) is 36.2 Å². The van der Waals surface area contributed by atoms with Crippen LogP contribution in [0.5, 0.6) is 0 Å². The van der Waals surface area contributed by atoms with Gasteiger partial charge in [0.2, 0.25) is 0 Å². The lowest BCUT2D eigenvalue weighted by Gasteiger charge is -2.07. The Kier molecular flexibility index (Phi) is 5.06. The molecular weight excluding hydrogens is 336 g/mol. The average molecular weight is 354 g/mol. The van der Waals surface area contributed by atoms with Crippen molar-refractivity contribution in [1.82, 2.24) is 4.57 Å². The Balaban J connectivity index is 2.38. The SMILES string of the molecule is CCOC(=O)c1c(NC(=O)c2sc(=O)n(C)c2C)sc(C)c1C. The van der Waals surface area contributed by atoms with Gasteiger partial charge in [0.25, 0.3) is 5.91 Å². The van der Waals surface area contributed by atoms with E-state index < -0.39 is 11.9 Å². The van der Waals surface area contributed by atoms with Crippen molar-refractivity contribution >= 4 is 39.6 Å². The number of nitrogens with one attached hydrogen (secondary N) is 1. The fraction of sp³-hybridized carbons (Fsp3) is 0.400. The van der Waals surface area contributed by atoms with Crippen LogP contribution in [-0.2, 0) is 11.8 Å². The molecular formula is C15H18N2O4S2. The Hall–Kier alpha value is -1.93. The van der Waals surface area contributed by atoms with E-state index in [9.17, 15) is 14.4 Å². The van der Waals surface area contributed by atoms with Gasteiger partial charge in [0.15, 0.2) is 0 Å². The minimum Gasteiger partial charge on any atom is -0.462 e. The topological polar surface area (TPSA) is 77.4 Å². The Morgan fingerprint density at radius 3 is 2.39 bits per heavy atom. The molecule has 0 aliphatic carbocycles. The quantitative estimate of drug-likeness (QED) is 0.857. The number of carbonyl (C=O) groups excluding carboxylic acids is 2. The van der Waals surface area contributed by atoms with Crippen LogP contribution in [0.15, 0.2) is 4.79 Å². The molecule has 0 atom stereocenters. The molecule has 1 N–H and O–H groups in total. The number of aromatic nitrogens is 1. The predicted octanol–water partition coefficient (Wildman–Crippen LogP) is 2.86. The van der Waals surface area contributed by atoms with E-state index >= 15 is 0 Å². The highest BCUT2D eigenvalue weighted by Gasteiger charge is 2.24. The second-order valence-electron chi connectivity index (χ2n) is 5.00. The number of nitrogens with zero attached hydrogens (tertiary/aromatic N) is 1. The summed E-state index contributed by atoms with van der Waals surface area (Å²) >= 11 is 2.21. The van der Waals surface area contributed by atoms with E-state index in [1.165, 1.54) is 15.9 Å². The number of rotatable bonds is 4. The van der Waals surface area contributed by atoms with Gasteiger partial charge in [-0.1, -0.05) is 11.3 Å². The van der Waals surface area contributed by atoms with E-state index in [0.717, 1.165) is 21.8 Å². The summed E-state index contributed by atoms with van der Waals surface area (Å²) in [5.74, 6) is -0.848. The van der Waals surface area contributed by atoms with Crippen LogP contribution in [0.25, 0.3) is 0 Å². The number of thiazole rings is 1. The number of ether oxygens (including phenoxy) is 1. The largest absolute Gasteiger partial charge is 0.462 e. The number of hydrogen-bond acceptors (Lipinski definition) is 6. The van der Waals surface area contributed by atoms with Crippen LogP contribution in [-0.4, -0.2) is 23.1 Å². The maximum Gasteiger partial charge on any atom is 0.341 e. The highest BCUT2D eigenvalue weighted by atomic mass is 32.1. The van der Waals surface area contributed by atoms with Gasteiger partial charge in [-0.15, -0.1) is 11.3 Å². The maximum absolute atomic E-state index is 12.5. The highest BCUT2D eigenvalue weighted by Crippen LogP contribution is 2.33. The van der Waals surface area contributed by atoms with Crippen LogP contribution in [0, 0.1) is 20.8 Å². The van der Waals surface area contributed by atoms with Gasteiger partial charge in [-0.05, 0) is 33.3 Å². The van der Waals surface area contributed by atoms with Gasteiger partial charge in [-0.3, -0.25) is 9.59 Å². The van der Waals surface area contributed by atoms with Crippen LogP contribution in [0.1, 0.15) is 43.1 Å². The van der Waals surface area contributed by atoms with Gasteiger partial charge in [-0.2, -0.15) is 0 Å². The summed E-state index contributed by atoms with van der Waals surface area (Å²) in [6.45, 7) is 7.41. The van der Waals surface area contributed by atoms with E-state index in [2.05, 4.69) is 5.32 Å². The Morgan fingerprint density at radius 1 is 1.22 bits per heavy atom. The van der Waals surface area contributed by atoms with Crippen LogP contribution < -0.4 is 10.2 Å². The molecule has 0 aliphatic rings. The van der Waals surface area contributed by atoms with Crippen molar-refractivity contribution in [2.75, 3.05) is 11.9 Å². The summed E-state index contributed by atoms with van der Waals surface area (Å²) in [4.78, 5) is 37.3. The van der Waals surface area contributed by atoms with Gasteiger partial charge in [-0.25, -0.2) is 4.79 Å². The molecule has 8 heteroatoms. The number of esters is 1. The third-order valence-corrected chi connectivity index (χ3v) is 5.85. The van der Waals surface area contributed by atoms with E-state index in [4.69, 9.17) is 4.74 Å². The molecule has 0 fully saturated rings. The third kappa shape index (κ3) is 3.23. The number of hydrogen-bond donors (Lipinski definition) is 1. The summed E-state index contributed by atoms with van der Waals surface area (Å²) in [7, 11) is 1.62. The first-order valence-electron chi connectivity index (χ1n) is 7.02. The normalized spacial score (nSPS) is 10.7. The lowest BCUT2D eigenvalue weighted by atomic mass is 10.1. The third-order valence-electron chi connectivity index (χ3n) is 3.59. The minimum atomic E-state index is -0.456. The van der Waals surface area contributed by atoms with Gasteiger partial charge in [0.05, 0.1) is 12.2 Å². The average Bonchev–Trinajstić information content (AvgIpc) is 2.90. The molecule has 0 radical (unpaired) electrons. The number of thiophene rings is 1. The molecule has 1 amide bonds. The summed E-state index contributed by atoms with van der Waals surface area (Å²) < 4.78 is 6.49. The molecule has 0 bridgehead atoms. The molecule has 0 unspecified atom stereocenters. The van der Waals surface area contributed by atoms with E-state index in [0.29, 0.717) is 21.1 Å². The van der Waals surface area contributed by atoms with Gasteiger partial charge in [0.1, 0.15) is 9.88 Å². The molecule has 0 aliphatic heterocycles. The molecule has 0 saturated heterocycles. The lowest BCUT2D eigenvalue weighted by Crippen LogP contribution is -2.15. The lowest BCUT2D eigenvalue weighted by molar-refractivity contribution is 0.0527. The highest BCUT2D eigenvalue weighted by molar-refractivity contribution is 7.17. The number of amides is 1. The first-order valence-corrected chi connectivity index (χ1v) is 8.66. The summed E-state index contributed by atoms with van der Waals surface area (Å²) in [6, 6.07) is 0. The molecule has 124 valence electrons. The summed E-state index contributed by atoms with van der Waals surface area (Å²) in [5, 5.41) is 3.20.